The predicted molar refractivity (Wildman–Crippen MR) is 101 cm³/mol. The number of thiazole rings is 1. The number of furan rings is 1. The highest BCUT2D eigenvalue weighted by Crippen LogP contribution is 2.27. The molecule has 0 saturated carbocycles. The van der Waals surface area contributed by atoms with Crippen LogP contribution in [-0.2, 0) is 11.3 Å². The van der Waals surface area contributed by atoms with E-state index >= 15 is 0 Å². The van der Waals surface area contributed by atoms with E-state index in [9.17, 15) is 9.59 Å². The van der Waals surface area contributed by atoms with Crippen molar-refractivity contribution in [3.8, 4) is 11.5 Å². The van der Waals surface area contributed by atoms with Crippen LogP contribution in [-0.4, -0.2) is 28.0 Å². The molecule has 3 aromatic heterocycles. The molecule has 0 aliphatic heterocycles. The van der Waals surface area contributed by atoms with Gasteiger partial charge in [0.05, 0.1) is 12.1 Å². The fourth-order valence-corrected chi connectivity index (χ4v) is 3.40. The number of nitrogens with zero attached hydrogens (tertiary/aromatic N) is 2. The first-order valence-corrected chi connectivity index (χ1v) is 9.76. The minimum Gasteiger partial charge on any atom is -0.458 e. The number of hydrogen-bond donors (Lipinski definition) is 2. The Hall–Kier alpha value is -2.65. The highest BCUT2D eigenvalue weighted by Gasteiger charge is 2.15. The molecule has 2 N–H and O–H groups in total. The molecule has 3 heterocycles. The van der Waals surface area contributed by atoms with Gasteiger partial charge in [-0.1, -0.05) is 0 Å². The third-order valence-electron chi connectivity index (χ3n) is 3.36. The number of aromatic nitrogens is 2. The molecule has 0 unspecified atom stereocenters. The quantitative estimate of drug-likeness (QED) is 0.628. The molecule has 0 fully saturated rings. The van der Waals surface area contributed by atoms with E-state index in [-0.39, 0.29) is 11.8 Å². The second kappa shape index (κ2) is 8.15. The predicted octanol–water partition coefficient (Wildman–Crippen LogP) is 3.41. The maximum atomic E-state index is 12.4. The number of anilines is 1. The monoisotopic (exact) mass is 388 g/mol. The minimum absolute atomic E-state index is 0.123. The number of hydrogen-bond acceptors (Lipinski definition) is 7. The third-order valence-corrected chi connectivity index (χ3v) is 4.83. The molecule has 0 aromatic carbocycles. The number of carbonyl (C=O) groups excluding carboxylic acids is 2. The first-order chi connectivity index (χ1) is 12.6. The Morgan fingerprint density at radius 2 is 2.15 bits per heavy atom. The van der Waals surface area contributed by atoms with Crippen molar-refractivity contribution >= 4 is 40.0 Å². The van der Waals surface area contributed by atoms with E-state index in [2.05, 4.69) is 20.6 Å². The van der Waals surface area contributed by atoms with Crippen molar-refractivity contribution in [2.75, 3.05) is 11.6 Å². The summed E-state index contributed by atoms with van der Waals surface area (Å²) in [4.78, 5) is 32.0. The van der Waals surface area contributed by atoms with Crippen LogP contribution >= 0.6 is 23.1 Å². The Morgan fingerprint density at radius 3 is 2.92 bits per heavy atom. The number of rotatable bonds is 6. The van der Waals surface area contributed by atoms with Crippen LogP contribution < -0.4 is 10.6 Å². The summed E-state index contributed by atoms with van der Waals surface area (Å²) in [7, 11) is 0. The van der Waals surface area contributed by atoms with Crippen molar-refractivity contribution in [1.29, 1.82) is 0 Å². The largest absolute Gasteiger partial charge is 0.458 e. The van der Waals surface area contributed by atoms with Gasteiger partial charge in [-0.2, -0.15) is 0 Å². The Morgan fingerprint density at radius 1 is 1.31 bits per heavy atom. The van der Waals surface area contributed by atoms with Crippen molar-refractivity contribution < 1.29 is 14.0 Å². The lowest BCUT2D eigenvalue weighted by Gasteiger charge is -2.05. The summed E-state index contributed by atoms with van der Waals surface area (Å²) < 4.78 is 5.66. The molecule has 0 radical (unpaired) electrons. The average molecular weight is 388 g/mol. The van der Waals surface area contributed by atoms with E-state index in [1.807, 2.05) is 6.26 Å². The number of amides is 2. The minimum atomic E-state index is -0.255. The maximum Gasteiger partial charge on any atom is 0.260 e. The first kappa shape index (κ1) is 18.2. The zero-order valence-corrected chi connectivity index (χ0v) is 15.7. The highest BCUT2D eigenvalue weighted by molar-refractivity contribution is 7.98. The fraction of sp³-hybridized carbons (Fsp3) is 0.176. The Labute approximate surface area is 158 Å². The second-order valence-corrected chi connectivity index (χ2v) is 6.88. The molecule has 0 saturated heterocycles. The highest BCUT2D eigenvalue weighted by atomic mass is 32.2. The van der Waals surface area contributed by atoms with Gasteiger partial charge in [0.2, 0.25) is 5.91 Å². The molecule has 0 spiro atoms. The molecule has 0 aliphatic carbocycles. The van der Waals surface area contributed by atoms with E-state index < -0.39 is 0 Å². The smallest absolute Gasteiger partial charge is 0.260 e. The summed E-state index contributed by atoms with van der Waals surface area (Å²) in [6, 6.07) is 7.01. The van der Waals surface area contributed by atoms with Crippen molar-refractivity contribution in [3.63, 3.8) is 0 Å². The number of carbonyl (C=O) groups is 2. The van der Waals surface area contributed by atoms with E-state index in [4.69, 9.17) is 4.42 Å². The Bertz CT molecular complexity index is 935. The van der Waals surface area contributed by atoms with E-state index in [0.29, 0.717) is 39.5 Å². The molecular formula is C17H16N4O3S2. The van der Waals surface area contributed by atoms with Crippen molar-refractivity contribution in [3.05, 3.63) is 47.2 Å². The fourth-order valence-electron chi connectivity index (χ4n) is 2.16. The average Bonchev–Trinajstić information content (AvgIpc) is 3.29. The second-order valence-electron chi connectivity index (χ2n) is 5.23. The van der Waals surface area contributed by atoms with Crippen LogP contribution in [0.3, 0.4) is 0 Å². The SMILES string of the molecule is CSc1ncccc1C(=O)Nc1nc(-c2ccc(CNC(C)=O)o2)cs1. The van der Waals surface area contributed by atoms with Crippen molar-refractivity contribution in [2.45, 2.75) is 18.5 Å². The van der Waals surface area contributed by atoms with Gasteiger partial charge in [0, 0.05) is 18.5 Å². The van der Waals surface area contributed by atoms with Crippen molar-refractivity contribution in [1.82, 2.24) is 15.3 Å². The summed E-state index contributed by atoms with van der Waals surface area (Å²) in [5.41, 5.74) is 1.13. The van der Waals surface area contributed by atoms with Crippen molar-refractivity contribution in [2.24, 2.45) is 0 Å². The van der Waals surface area contributed by atoms with Gasteiger partial charge in [0.1, 0.15) is 16.5 Å². The van der Waals surface area contributed by atoms with Crippen LogP contribution in [0.4, 0.5) is 5.13 Å². The van der Waals surface area contributed by atoms with Gasteiger partial charge in [-0.3, -0.25) is 14.9 Å². The third kappa shape index (κ3) is 4.30. The van der Waals surface area contributed by atoms with Crippen LogP contribution in [0, 0.1) is 0 Å². The lowest BCUT2D eigenvalue weighted by molar-refractivity contribution is -0.119. The van der Waals surface area contributed by atoms with E-state index in [0.717, 1.165) is 0 Å². The zero-order valence-electron chi connectivity index (χ0n) is 14.1. The first-order valence-electron chi connectivity index (χ1n) is 7.66. The van der Waals surface area contributed by atoms with Gasteiger partial charge in [-0.05, 0) is 30.5 Å². The lowest BCUT2D eigenvalue weighted by atomic mass is 10.3. The van der Waals surface area contributed by atoms with Crippen LogP contribution in [0.25, 0.3) is 11.5 Å². The number of thioether (sulfide) groups is 1. The molecule has 3 rings (SSSR count). The standard InChI is InChI=1S/C17H16N4O3S2/c1-10(22)19-8-11-5-6-14(24-11)13-9-26-17(20-13)21-15(23)12-4-3-7-18-16(12)25-2/h3-7,9H,8H2,1-2H3,(H,19,22)(H,20,21,23). The van der Waals surface area contributed by atoms with Crippen LogP contribution in [0.5, 0.6) is 0 Å². The Balaban J connectivity index is 1.70. The molecule has 134 valence electrons. The number of nitrogens with one attached hydrogen (secondary N) is 2. The van der Waals surface area contributed by atoms with Gasteiger partial charge in [0.15, 0.2) is 10.9 Å². The van der Waals surface area contributed by atoms with Crippen LogP contribution in [0.2, 0.25) is 0 Å². The maximum absolute atomic E-state index is 12.4. The number of pyridine rings is 1. The summed E-state index contributed by atoms with van der Waals surface area (Å²) in [6.07, 6.45) is 3.52. The summed E-state index contributed by atoms with van der Waals surface area (Å²) >= 11 is 2.72. The van der Waals surface area contributed by atoms with E-state index in [1.165, 1.54) is 30.0 Å². The van der Waals surface area contributed by atoms with Gasteiger partial charge < -0.3 is 9.73 Å². The lowest BCUT2D eigenvalue weighted by Crippen LogP contribution is -2.18. The Kier molecular flexibility index (Phi) is 5.69. The molecule has 26 heavy (non-hydrogen) atoms. The zero-order chi connectivity index (χ0) is 18.5. The molecule has 9 heteroatoms. The molecule has 0 bridgehead atoms. The van der Waals surface area contributed by atoms with Crippen LogP contribution in [0.1, 0.15) is 23.0 Å². The summed E-state index contributed by atoms with van der Waals surface area (Å²) in [5.74, 6) is 0.831. The molecule has 7 nitrogen and oxygen atoms in total. The van der Waals surface area contributed by atoms with Gasteiger partial charge in [0.25, 0.3) is 5.91 Å². The normalized spacial score (nSPS) is 10.5. The molecule has 2 amide bonds. The molecule has 0 atom stereocenters. The van der Waals surface area contributed by atoms with E-state index in [1.54, 1.807) is 35.8 Å². The molecule has 3 aromatic rings. The summed E-state index contributed by atoms with van der Waals surface area (Å²) in [6.45, 7) is 1.77. The molecule has 0 aliphatic rings. The van der Waals surface area contributed by atoms with Gasteiger partial charge in [-0.25, -0.2) is 9.97 Å². The molecular weight excluding hydrogens is 372 g/mol. The summed E-state index contributed by atoms with van der Waals surface area (Å²) in [5, 5.41) is 8.39. The van der Waals surface area contributed by atoms with Crippen LogP contribution in [0.15, 0.2) is 45.3 Å². The topological polar surface area (TPSA) is 97.1 Å². The van der Waals surface area contributed by atoms with Gasteiger partial charge >= 0.3 is 0 Å². The van der Waals surface area contributed by atoms with Gasteiger partial charge in [-0.15, -0.1) is 23.1 Å².